The minimum absolute atomic E-state index is 0.321. The number of rotatable bonds is 5. The summed E-state index contributed by atoms with van der Waals surface area (Å²) in [5.41, 5.74) is 5.04. The molecule has 0 N–H and O–H groups in total. The Balaban J connectivity index is 1.74. The first-order valence-electron chi connectivity index (χ1n) is 10.1. The van der Waals surface area contributed by atoms with Crippen molar-refractivity contribution in [2.75, 3.05) is 19.7 Å². The van der Waals surface area contributed by atoms with E-state index in [1.807, 2.05) is 0 Å². The minimum atomic E-state index is -0.321. The van der Waals surface area contributed by atoms with Gasteiger partial charge < -0.3 is 4.74 Å². The zero-order valence-corrected chi connectivity index (χ0v) is 16.0. The fraction of sp³-hybridized carbons (Fsp3) is 0.231. The SMILES string of the molecule is C1=C(C2CO2)CN(C(c2ccccc2)(c2ccccc2)c2ccccc2)CC1. The third kappa shape index (κ3) is 2.99. The van der Waals surface area contributed by atoms with E-state index in [0.29, 0.717) is 6.10 Å². The summed E-state index contributed by atoms with van der Waals surface area (Å²) in [6.07, 6.45) is 3.77. The summed E-state index contributed by atoms with van der Waals surface area (Å²) in [6, 6.07) is 32.8. The quantitative estimate of drug-likeness (QED) is 0.358. The molecule has 0 spiro atoms. The molecular weight excluding hydrogens is 342 g/mol. The van der Waals surface area contributed by atoms with E-state index in [1.54, 1.807) is 0 Å². The van der Waals surface area contributed by atoms with E-state index in [0.717, 1.165) is 26.1 Å². The predicted octanol–water partition coefficient (Wildman–Crippen LogP) is 5.01. The van der Waals surface area contributed by atoms with Crippen molar-refractivity contribution < 1.29 is 4.74 Å². The first kappa shape index (κ1) is 17.4. The third-order valence-corrected chi connectivity index (χ3v) is 5.97. The first-order valence-corrected chi connectivity index (χ1v) is 10.1. The Morgan fingerprint density at radius 2 is 1.18 bits per heavy atom. The average molecular weight is 367 g/mol. The Morgan fingerprint density at radius 3 is 1.61 bits per heavy atom. The molecule has 0 saturated carbocycles. The number of benzene rings is 3. The van der Waals surface area contributed by atoms with Crippen molar-refractivity contribution in [1.29, 1.82) is 0 Å². The molecule has 1 unspecified atom stereocenters. The molecule has 28 heavy (non-hydrogen) atoms. The second-order valence-corrected chi connectivity index (χ2v) is 7.62. The second kappa shape index (κ2) is 7.38. The molecular formula is C26H25NO. The van der Waals surface area contributed by atoms with Crippen LogP contribution < -0.4 is 0 Å². The van der Waals surface area contributed by atoms with Gasteiger partial charge in [0, 0.05) is 13.1 Å². The van der Waals surface area contributed by atoms with Gasteiger partial charge in [-0.15, -0.1) is 0 Å². The summed E-state index contributed by atoms with van der Waals surface area (Å²) in [4.78, 5) is 2.64. The van der Waals surface area contributed by atoms with E-state index in [2.05, 4.69) is 102 Å². The maximum absolute atomic E-state index is 5.63. The summed E-state index contributed by atoms with van der Waals surface area (Å²) >= 11 is 0. The average Bonchev–Trinajstić information content (AvgIpc) is 3.63. The highest BCUT2D eigenvalue weighted by Gasteiger charge is 2.44. The largest absolute Gasteiger partial charge is 0.368 e. The van der Waals surface area contributed by atoms with Crippen molar-refractivity contribution in [3.05, 3.63) is 119 Å². The number of nitrogens with zero attached hydrogens (tertiary/aromatic N) is 1. The number of hydrogen-bond acceptors (Lipinski definition) is 2. The van der Waals surface area contributed by atoms with Gasteiger partial charge in [0.25, 0.3) is 0 Å². The van der Waals surface area contributed by atoms with Gasteiger partial charge in [0.1, 0.15) is 6.10 Å². The van der Waals surface area contributed by atoms with Gasteiger partial charge in [-0.2, -0.15) is 0 Å². The van der Waals surface area contributed by atoms with E-state index in [9.17, 15) is 0 Å². The van der Waals surface area contributed by atoms with Gasteiger partial charge in [0.2, 0.25) is 0 Å². The van der Waals surface area contributed by atoms with Gasteiger partial charge in [0.15, 0.2) is 0 Å². The van der Waals surface area contributed by atoms with Gasteiger partial charge in [-0.3, -0.25) is 4.90 Å². The monoisotopic (exact) mass is 367 g/mol. The fourth-order valence-electron chi connectivity index (χ4n) is 4.64. The van der Waals surface area contributed by atoms with Crippen LogP contribution in [-0.4, -0.2) is 30.7 Å². The molecule has 3 aromatic rings. The zero-order chi connectivity index (χ0) is 18.8. The molecule has 1 atom stereocenters. The van der Waals surface area contributed by atoms with Crippen molar-refractivity contribution in [1.82, 2.24) is 4.90 Å². The first-order chi connectivity index (χ1) is 13.9. The summed E-state index contributed by atoms with van der Waals surface area (Å²) < 4.78 is 5.63. The third-order valence-electron chi connectivity index (χ3n) is 5.97. The molecule has 0 bridgehead atoms. The van der Waals surface area contributed by atoms with Crippen LogP contribution in [0.1, 0.15) is 23.1 Å². The Bertz CT molecular complexity index is 849. The van der Waals surface area contributed by atoms with E-state index < -0.39 is 0 Å². The van der Waals surface area contributed by atoms with Crippen molar-refractivity contribution in [3.63, 3.8) is 0 Å². The van der Waals surface area contributed by atoms with Crippen molar-refractivity contribution >= 4 is 0 Å². The van der Waals surface area contributed by atoms with E-state index in [-0.39, 0.29) is 5.54 Å². The van der Waals surface area contributed by atoms with Crippen LogP contribution >= 0.6 is 0 Å². The Hall–Kier alpha value is -2.68. The lowest BCUT2D eigenvalue weighted by atomic mass is 9.74. The standard InChI is InChI=1S/C26H25NO/c1-4-12-22(13-5-1)26(23-14-6-2-7-15-23,24-16-8-3-9-17-24)27-18-10-11-21(19-27)25-20-28-25/h1-9,11-17,25H,10,18-20H2. The topological polar surface area (TPSA) is 15.8 Å². The van der Waals surface area contributed by atoms with Crippen LogP contribution in [0.2, 0.25) is 0 Å². The molecule has 2 heteroatoms. The molecule has 0 radical (unpaired) electrons. The van der Waals surface area contributed by atoms with Gasteiger partial charge >= 0.3 is 0 Å². The molecule has 2 heterocycles. The lowest BCUT2D eigenvalue weighted by molar-refractivity contribution is 0.163. The van der Waals surface area contributed by atoms with Crippen LogP contribution in [0.25, 0.3) is 0 Å². The molecule has 140 valence electrons. The molecule has 2 aliphatic heterocycles. The highest BCUT2D eigenvalue weighted by molar-refractivity contribution is 5.50. The Labute approximate surface area is 167 Å². The highest BCUT2D eigenvalue weighted by atomic mass is 16.6. The molecule has 2 aliphatic rings. The van der Waals surface area contributed by atoms with Crippen molar-refractivity contribution in [3.8, 4) is 0 Å². The van der Waals surface area contributed by atoms with Crippen LogP contribution in [0.4, 0.5) is 0 Å². The maximum Gasteiger partial charge on any atom is 0.103 e. The van der Waals surface area contributed by atoms with E-state index in [4.69, 9.17) is 4.74 Å². The van der Waals surface area contributed by atoms with Crippen LogP contribution in [0, 0.1) is 0 Å². The number of ether oxygens (including phenoxy) is 1. The molecule has 1 saturated heterocycles. The van der Waals surface area contributed by atoms with Gasteiger partial charge in [0.05, 0.1) is 12.1 Å². The second-order valence-electron chi connectivity index (χ2n) is 7.62. The lowest BCUT2D eigenvalue weighted by Gasteiger charge is -2.47. The summed E-state index contributed by atoms with van der Waals surface area (Å²) in [6.45, 7) is 2.83. The minimum Gasteiger partial charge on any atom is -0.368 e. The van der Waals surface area contributed by atoms with Gasteiger partial charge in [-0.25, -0.2) is 0 Å². The molecule has 5 rings (SSSR count). The summed E-state index contributed by atoms with van der Waals surface area (Å²) in [7, 11) is 0. The summed E-state index contributed by atoms with van der Waals surface area (Å²) in [5.74, 6) is 0. The lowest BCUT2D eigenvalue weighted by Crippen LogP contribution is -2.50. The molecule has 0 aromatic heterocycles. The molecule has 2 nitrogen and oxygen atoms in total. The van der Waals surface area contributed by atoms with E-state index >= 15 is 0 Å². The van der Waals surface area contributed by atoms with Crippen molar-refractivity contribution in [2.45, 2.75) is 18.1 Å². The van der Waals surface area contributed by atoms with Gasteiger partial charge in [-0.05, 0) is 28.7 Å². The normalized spacial score (nSPS) is 19.9. The Morgan fingerprint density at radius 1 is 0.714 bits per heavy atom. The van der Waals surface area contributed by atoms with Crippen molar-refractivity contribution in [2.24, 2.45) is 0 Å². The van der Waals surface area contributed by atoms with Crippen LogP contribution in [0.15, 0.2) is 103 Å². The van der Waals surface area contributed by atoms with E-state index in [1.165, 1.54) is 22.3 Å². The number of hydrogen-bond donors (Lipinski definition) is 0. The van der Waals surface area contributed by atoms with Crippen LogP contribution in [0.5, 0.6) is 0 Å². The van der Waals surface area contributed by atoms with Crippen LogP contribution in [-0.2, 0) is 10.3 Å². The highest BCUT2D eigenvalue weighted by Crippen LogP contribution is 2.44. The Kier molecular flexibility index (Phi) is 4.59. The number of epoxide rings is 1. The van der Waals surface area contributed by atoms with Crippen LogP contribution in [0.3, 0.4) is 0 Å². The molecule has 0 aliphatic carbocycles. The predicted molar refractivity (Wildman–Crippen MR) is 113 cm³/mol. The molecule has 0 amide bonds. The van der Waals surface area contributed by atoms with Gasteiger partial charge in [-0.1, -0.05) is 97.1 Å². The molecule has 3 aromatic carbocycles. The maximum atomic E-state index is 5.63. The fourth-order valence-corrected chi connectivity index (χ4v) is 4.64. The summed E-state index contributed by atoms with van der Waals surface area (Å²) in [5, 5.41) is 0. The molecule has 1 fully saturated rings. The smallest absolute Gasteiger partial charge is 0.103 e. The zero-order valence-electron chi connectivity index (χ0n) is 16.0.